The van der Waals surface area contributed by atoms with E-state index in [0.29, 0.717) is 22.8 Å². The van der Waals surface area contributed by atoms with Crippen LogP contribution in [0.15, 0.2) is 28.9 Å². The van der Waals surface area contributed by atoms with Crippen molar-refractivity contribution >= 4 is 17.5 Å². The molecule has 0 aromatic carbocycles. The second-order valence-corrected chi connectivity index (χ2v) is 6.65. The maximum atomic E-state index is 12.6. The summed E-state index contributed by atoms with van der Waals surface area (Å²) in [7, 11) is 0. The standard InChI is InChI=1S/C19H18N6O4/c1-10-5-6-20-19-21-17(22-25(10)19)18(27)28-9-15(26)14-7-11(2)24(13(14)4)16-8-12(3)29-23-16/h5-8H,9H2,1-4H3. The van der Waals surface area contributed by atoms with Crippen molar-refractivity contribution in [2.24, 2.45) is 0 Å². The number of esters is 1. The second-order valence-electron chi connectivity index (χ2n) is 6.65. The van der Waals surface area contributed by atoms with E-state index >= 15 is 0 Å². The number of Topliss-reactive ketones (excluding diaryl/α,β-unsaturated/α-hetero) is 1. The molecule has 4 heterocycles. The molecule has 0 bridgehead atoms. The van der Waals surface area contributed by atoms with E-state index in [-0.39, 0.29) is 17.4 Å². The molecule has 29 heavy (non-hydrogen) atoms. The van der Waals surface area contributed by atoms with Crippen molar-refractivity contribution in [2.45, 2.75) is 27.7 Å². The molecule has 0 atom stereocenters. The Morgan fingerprint density at radius 3 is 2.62 bits per heavy atom. The molecular formula is C19H18N6O4. The Bertz CT molecular complexity index is 1250. The van der Waals surface area contributed by atoms with Crippen LogP contribution in [0.5, 0.6) is 0 Å². The first-order chi connectivity index (χ1) is 13.8. The molecule has 0 radical (unpaired) electrons. The van der Waals surface area contributed by atoms with E-state index in [0.717, 1.165) is 11.4 Å². The van der Waals surface area contributed by atoms with Crippen LogP contribution >= 0.6 is 0 Å². The molecule has 0 N–H and O–H groups in total. The summed E-state index contributed by atoms with van der Waals surface area (Å²) in [6.45, 7) is 6.83. The third-order valence-corrected chi connectivity index (χ3v) is 4.52. The highest BCUT2D eigenvalue weighted by molar-refractivity contribution is 6.00. The van der Waals surface area contributed by atoms with Crippen LogP contribution in [-0.4, -0.2) is 47.7 Å². The Morgan fingerprint density at radius 1 is 1.14 bits per heavy atom. The van der Waals surface area contributed by atoms with Gasteiger partial charge in [-0.1, -0.05) is 5.16 Å². The van der Waals surface area contributed by atoms with Crippen molar-refractivity contribution in [3.05, 3.63) is 58.6 Å². The zero-order chi connectivity index (χ0) is 20.7. The van der Waals surface area contributed by atoms with Gasteiger partial charge in [0.25, 0.3) is 11.6 Å². The fourth-order valence-electron chi connectivity index (χ4n) is 3.12. The van der Waals surface area contributed by atoms with Gasteiger partial charge in [0.15, 0.2) is 12.4 Å². The summed E-state index contributed by atoms with van der Waals surface area (Å²) < 4.78 is 13.5. The molecule has 4 aromatic heterocycles. The highest BCUT2D eigenvalue weighted by Crippen LogP contribution is 2.21. The van der Waals surface area contributed by atoms with Crippen LogP contribution in [0.1, 0.15) is 43.8 Å². The number of aryl methyl sites for hydroxylation is 3. The predicted molar refractivity (Wildman–Crippen MR) is 100 cm³/mol. The van der Waals surface area contributed by atoms with Crippen molar-refractivity contribution in [3.8, 4) is 5.82 Å². The Kier molecular flexibility index (Phi) is 4.45. The van der Waals surface area contributed by atoms with E-state index in [2.05, 4.69) is 20.2 Å². The second kappa shape index (κ2) is 6.97. The number of aromatic nitrogens is 6. The first-order valence-corrected chi connectivity index (χ1v) is 8.86. The molecule has 0 saturated heterocycles. The molecule has 0 amide bonds. The van der Waals surface area contributed by atoms with Gasteiger partial charge in [-0.05, 0) is 39.8 Å². The number of ether oxygens (including phenoxy) is 1. The first kappa shape index (κ1) is 18.5. The molecule has 0 unspecified atom stereocenters. The smallest absolute Gasteiger partial charge is 0.378 e. The maximum Gasteiger partial charge on any atom is 0.378 e. The molecule has 0 aliphatic heterocycles. The minimum absolute atomic E-state index is 0.150. The number of rotatable bonds is 5. The highest BCUT2D eigenvalue weighted by Gasteiger charge is 2.21. The highest BCUT2D eigenvalue weighted by atomic mass is 16.5. The molecule has 0 saturated carbocycles. The molecule has 148 valence electrons. The number of nitrogens with zero attached hydrogens (tertiary/aromatic N) is 6. The van der Waals surface area contributed by atoms with Crippen LogP contribution in [0.25, 0.3) is 11.6 Å². The zero-order valence-electron chi connectivity index (χ0n) is 16.3. The van der Waals surface area contributed by atoms with Gasteiger partial charge in [-0.2, -0.15) is 4.98 Å². The van der Waals surface area contributed by atoms with Crippen LogP contribution in [0, 0.1) is 27.7 Å². The zero-order valence-corrected chi connectivity index (χ0v) is 16.3. The third-order valence-electron chi connectivity index (χ3n) is 4.52. The fourth-order valence-corrected chi connectivity index (χ4v) is 3.12. The molecule has 10 nitrogen and oxygen atoms in total. The number of hydrogen-bond acceptors (Lipinski definition) is 8. The van der Waals surface area contributed by atoms with Crippen molar-refractivity contribution < 1.29 is 18.8 Å². The van der Waals surface area contributed by atoms with E-state index in [1.54, 1.807) is 38.2 Å². The van der Waals surface area contributed by atoms with Gasteiger partial charge >= 0.3 is 5.97 Å². The molecular weight excluding hydrogens is 376 g/mol. The van der Waals surface area contributed by atoms with Gasteiger partial charge in [-0.3, -0.25) is 9.36 Å². The lowest BCUT2D eigenvalue weighted by atomic mass is 10.1. The van der Waals surface area contributed by atoms with Gasteiger partial charge in [0.1, 0.15) is 5.76 Å². The number of fused-ring (bicyclic) bond motifs is 1. The lowest BCUT2D eigenvalue weighted by molar-refractivity contribution is 0.0462. The van der Waals surface area contributed by atoms with Gasteiger partial charge < -0.3 is 9.26 Å². The van der Waals surface area contributed by atoms with Crippen molar-refractivity contribution in [1.29, 1.82) is 0 Å². The van der Waals surface area contributed by atoms with Crippen molar-refractivity contribution in [2.75, 3.05) is 6.61 Å². The lowest BCUT2D eigenvalue weighted by Gasteiger charge is -2.05. The molecule has 4 aromatic rings. The van der Waals surface area contributed by atoms with Crippen LogP contribution in [0.4, 0.5) is 0 Å². The van der Waals surface area contributed by atoms with Crippen molar-refractivity contribution in [3.63, 3.8) is 0 Å². The number of hydrogen-bond donors (Lipinski definition) is 0. The van der Waals surface area contributed by atoms with E-state index < -0.39 is 12.6 Å². The molecule has 10 heteroatoms. The maximum absolute atomic E-state index is 12.6. The number of carbonyl (C=O) groups excluding carboxylic acids is 2. The van der Waals surface area contributed by atoms with Gasteiger partial charge in [-0.25, -0.2) is 14.3 Å². The summed E-state index contributed by atoms with van der Waals surface area (Å²) in [6, 6.07) is 5.25. The third kappa shape index (κ3) is 3.28. The molecule has 0 aliphatic carbocycles. The molecule has 0 spiro atoms. The summed E-state index contributed by atoms with van der Waals surface area (Å²) in [5.41, 5.74) is 2.71. The summed E-state index contributed by atoms with van der Waals surface area (Å²) in [4.78, 5) is 33.0. The minimum Gasteiger partial charge on any atom is -0.451 e. The summed E-state index contributed by atoms with van der Waals surface area (Å²) in [5.74, 6) is 0.266. The van der Waals surface area contributed by atoms with Crippen LogP contribution < -0.4 is 0 Å². The SMILES string of the molecule is Cc1cc(-n2c(C)cc(C(=O)COC(=O)c3nc4nccc(C)n4n3)c2C)no1. The van der Waals surface area contributed by atoms with Gasteiger partial charge in [0.2, 0.25) is 5.78 Å². The predicted octanol–water partition coefficient (Wildman–Crippen LogP) is 2.18. The Hall–Kier alpha value is -3.82. The monoisotopic (exact) mass is 394 g/mol. The average molecular weight is 394 g/mol. The Balaban J connectivity index is 1.51. The van der Waals surface area contributed by atoms with Crippen LogP contribution in [0.2, 0.25) is 0 Å². The van der Waals surface area contributed by atoms with E-state index in [4.69, 9.17) is 9.26 Å². The molecule has 0 fully saturated rings. The fraction of sp³-hybridized carbons (Fsp3) is 0.263. The minimum atomic E-state index is -0.788. The molecule has 0 aliphatic rings. The normalized spacial score (nSPS) is 11.2. The lowest BCUT2D eigenvalue weighted by Crippen LogP contribution is -2.16. The Labute approximate surface area is 165 Å². The van der Waals surface area contributed by atoms with Gasteiger partial charge in [0.05, 0.1) is 0 Å². The number of carbonyl (C=O) groups is 2. The van der Waals surface area contributed by atoms with Gasteiger partial charge in [0, 0.05) is 34.9 Å². The molecule has 4 rings (SSSR count). The largest absolute Gasteiger partial charge is 0.451 e. The Morgan fingerprint density at radius 2 is 1.93 bits per heavy atom. The summed E-state index contributed by atoms with van der Waals surface area (Å²) in [6.07, 6.45) is 1.57. The summed E-state index contributed by atoms with van der Waals surface area (Å²) >= 11 is 0. The van der Waals surface area contributed by atoms with Crippen LogP contribution in [-0.2, 0) is 4.74 Å². The van der Waals surface area contributed by atoms with Gasteiger partial charge in [-0.15, -0.1) is 5.10 Å². The summed E-state index contributed by atoms with van der Waals surface area (Å²) in [5, 5.41) is 8.06. The average Bonchev–Trinajstić information content (AvgIpc) is 3.37. The topological polar surface area (TPSA) is 117 Å². The first-order valence-electron chi connectivity index (χ1n) is 8.86. The number of ketones is 1. The van der Waals surface area contributed by atoms with E-state index in [9.17, 15) is 9.59 Å². The van der Waals surface area contributed by atoms with E-state index in [1.807, 2.05) is 18.4 Å². The van der Waals surface area contributed by atoms with E-state index in [1.165, 1.54) is 4.52 Å². The quantitative estimate of drug-likeness (QED) is 0.373. The van der Waals surface area contributed by atoms with Crippen LogP contribution in [0.3, 0.4) is 0 Å². The van der Waals surface area contributed by atoms with Crippen molar-refractivity contribution in [1.82, 2.24) is 29.3 Å².